The molecule has 0 saturated carbocycles. The molecule has 0 heterocycles. The van der Waals surface area contributed by atoms with Crippen molar-refractivity contribution in [1.82, 2.24) is 5.43 Å². The van der Waals surface area contributed by atoms with Crippen LogP contribution in [0.1, 0.15) is 29.8 Å². The van der Waals surface area contributed by atoms with Gasteiger partial charge >= 0.3 is 5.69 Å². The van der Waals surface area contributed by atoms with Crippen LogP contribution in [0.2, 0.25) is 0 Å². The molecule has 0 atom stereocenters. The fourth-order valence-electron chi connectivity index (χ4n) is 2.25. The third-order valence-corrected chi connectivity index (χ3v) is 3.55. The van der Waals surface area contributed by atoms with Gasteiger partial charge in [-0.1, -0.05) is 12.1 Å². The molecule has 8 nitrogen and oxygen atoms in total. The van der Waals surface area contributed by atoms with Gasteiger partial charge in [0, 0.05) is 11.6 Å². The summed E-state index contributed by atoms with van der Waals surface area (Å²) in [5.41, 5.74) is 3.52. The second kappa shape index (κ2) is 8.61. The van der Waals surface area contributed by atoms with Crippen LogP contribution >= 0.6 is 0 Å². The van der Waals surface area contributed by atoms with Crippen LogP contribution in [-0.2, 0) is 0 Å². The number of hydrogen-bond donors (Lipinski definition) is 1. The van der Waals surface area contributed by atoms with Crippen molar-refractivity contribution in [3.63, 3.8) is 0 Å². The van der Waals surface area contributed by atoms with Crippen LogP contribution in [-0.4, -0.2) is 30.3 Å². The number of nitrogens with zero attached hydrogens (tertiary/aromatic N) is 2. The number of hydrogen-bond acceptors (Lipinski definition) is 6. The second-order valence-corrected chi connectivity index (χ2v) is 5.21. The van der Waals surface area contributed by atoms with Crippen molar-refractivity contribution >= 4 is 17.3 Å². The van der Waals surface area contributed by atoms with Crippen molar-refractivity contribution < 1.29 is 19.2 Å². The van der Waals surface area contributed by atoms with Gasteiger partial charge in [-0.3, -0.25) is 14.9 Å². The lowest BCUT2D eigenvalue weighted by atomic mass is 10.1. The predicted molar refractivity (Wildman–Crippen MR) is 96.9 cm³/mol. The summed E-state index contributed by atoms with van der Waals surface area (Å²) in [6, 6.07) is 11.3. The molecule has 2 aromatic carbocycles. The summed E-state index contributed by atoms with van der Waals surface area (Å²) in [7, 11) is 1.47. The Labute approximate surface area is 150 Å². The molecule has 2 aromatic rings. The number of para-hydroxylation sites is 1. The standard InChI is InChI=1S/C18H19N3O5/c1-4-26-17-10-9-13(11-15(17)21(23)24)12(2)19-20-18(22)14-7-5-6-8-16(14)25-3/h5-11H,4H2,1-3H3,(H,20,22)/b19-12-. The van der Waals surface area contributed by atoms with Crippen LogP contribution in [0.25, 0.3) is 0 Å². The number of nitrogens with one attached hydrogen (secondary N) is 1. The molecule has 0 unspecified atom stereocenters. The van der Waals surface area contributed by atoms with Crippen LogP contribution < -0.4 is 14.9 Å². The molecule has 0 spiro atoms. The zero-order valence-corrected chi connectivity index (χ0v) is 14.7. The van der Waals surface area contributed by atoms with Crippen molar-refractivity contribution in [2.75, 3.05) is 13.7 Å². The van der Waals surface area contributed by atoms with E-state index in [9.17, 15) is 14.9 Å². The Morgan fingerprint density at radius 1 is 1.23 bits per heavy atom. The van der Waals surface area contributed by atoms with E-state index in [-0.39, 0.29) is 11.4 Å². The molecule has 0 bridgehead atoms. The average Bonchev–Trinajstić information content (AvgIpc) is 2.66. The Bertz CT molecular complexity index is 848. The molecule has 8 heteroatoms. The maximum atomic E-state index is 12.2. The Balaban J connectivity index is 2.22. The zero-order chi connectivity index (χ0) is 19.1. The third-order valence-electron chi connectivity index (χ3n) is 3.55. The molecule has 136 valence electrons. The summed E-state index contributed by atoms with van der Waals surface area (Å²) in [6.07, 6.45) is 0. The van der Waals surface area contributed by atoms with Gasteiger partial charge in [-0.15, -0.1) is 0 Å². The molecule has 0 aromatic heterocycles. The monoisotopic (exact) mass is 357 g/mol. The summed E-state index contributed by atoms with van der Waals surface area (Å²) in [4.78, 5) is 22.9. The molecule has 0 fully saturated rings. The van der Waals surface area contributed by atoms with Gasteiger partial charge in [-0.25, -0.2) is 5.43 Å². The van der Waals surface area contributed by atoms with Crippen LogP contribution in [0.4, 0.5) is 5.69 Å². The summed E-state index contributed by atoms with van der Waals surface area (Å²) in [5, 5.41) is 15.2. The lowest BCUT2D eigenvalue weighted by Gasteiger charge is -2.08. The van der Waals surface area contributed by atoms with Crippen molar-refractivity contribution in [3.05, 3.63) is 63.7 Å². The number of nitro groups is 1. The second-order valence-electron chi connectivity index (χ2n) is 5.21. The topological polar surface area (TPSA) is 103 Å². The molecule has 0 aliphatic rings. The normalized spacial score (nSPS) is 11.0. The van der Waals surface area contributed by atoms with Crippen LogP contribution in [0.5, 0.6) is 11.5 Å². The van der Waals surface area contributed by atoms with E-state index in [1.807, 2.05) is 0 Å². The van der Waals surface area contributed by atoms with E-state index in [0.717, 1.165) is 0 Å². The SMILES string of the molecule is CCOc1ccc(/C(C)=N\NC(=O)c2ccccc2OC)cc1[N+](=O)[O-]. The van der Waals surface area contributed by atoms with Crippen LogP contribution in [0.15, 0.2) is 47.6 Å². The Morgan fingerprint density at radius 2 is 1.96 bits per heavy atom. The lowest BCUT2D eigenvalue weighted by Crippen LogP contribution is -2.20. The summed E-state index contributed by atoms with van der Waals surface area (Å²) in [5.74, 6) is 0.170. The largest absolute Gasteiger partial charge is 0.496 e. The van der Waals surface area contributed by atoms with Gasteiger partial charge in [0.2, 0.25) is 0 Å². The highest BCUT2D eigenvalue weighted by Gasteiger charge is 2.17. The summed E-state index contributed by atoms with van der Waals surface area (Å²) < 4.78 is 10.4. The number of nitro benzene ring substituents is 1. The van der Waals surface area contributed by atoms with Gasteiger partial charge < -0.3 is 9.47 Å². The fourth-order valence-corrected chi connectivity index (χ4v) is 2.25. The number of ether oxygens (including phenoxy) is 2. The number of methoxy groups -OCH3 is 1. The minimum atomic E-state index is -0.519. The molecule has 0 saturated heterocycles. The Hall–Kier alpha value is -3.42. The Morgan fingerprint density at radius 3 is 2.62 bits per heavy atom. The van der Waals surface area contributed by atoms with Crippen molar-refractivity contribution in [1.29, 1.82) is 0 Å². The summed E-state index contributed by atoms with van der Waals surface area (Å²) >= 11 is 0. The van der Waals surface area contributed by atoms with Crippen molar-refractivity contribution in [2.45, 2.75) is 13.8 Å². The smallest absolute Gasteiger partial charge is 0.311 e. The third kappa shape index (κ3) is 4.35. The van der Waals surface area contributed by atoms with E-state index in [2.05, 4.69) is 10.5 Å². The van der Waals surface area contributed by atoms with E-state index in [4.69, 9.17) is 9.47 Å². The van der Waals surface area contributed by atoms with Crippen molar-refractivity contribution in [2.24, 2.45) is 5.10 Å². The molecule has 1 N–H and O–H groups in total. The molecule has 0 radical (unpaired) electrons. The first-order chi connectivity index (χ1) is 12.5. The predicted octanol–water partition coefficient (Wildman–Crippen LogP) is 3.16. The van der Waals surface area contributed by atoms with Gasteiger partial charge in [0.05, 0.1) is 29.9 Å². The van der Waals surface area contributed by atoms with E-state index in [0.29, 0.717) is 29.2 Å². The number of amides is 1. The number of rotatable bonds is 7. The minimum Gasteiger partial charge on any atom is -0.496 e. The molecule has 26 heavy (non-hydrogen) atoms. The van der Waals surface area contributed by atoms with Gasteiger partial charge in [0.1, 0.15) is 5.75 Å². The van der Waals surface area contributed by atoms with E-state index in [1.54, 1.807) is 44.2 Å². The maximum Gasteiger partial charge on any atom is 0.311 e. The highest BCUT2D eigenvalue weighted by molar-refractivity contribution is 6.02. The zero-order valence-electron chi connectivity index (χ0n) is 14.7. The highest BCUT2D eigenvalue weighted by atomic mass is 16.6. The number of benzene rings is 2. The first-order valence-corrected chi connectivity index (χ1v) is 7.87. The maximum absolute atomic E-state index is 12.2. The average molecular weight is 357 g/mol. The van der Waals surface area contributed by atoms with Gasteiger partial charge in [0.25, 0.3) is 5.91 Å². The molecule has 0 aliphatic heterocycles. The molecular formula is C18H19N3O5. The first-order valence-electron chi connectivity index (χ1n) is 7.87. The van der Waals surface area contributed by atoms with E-state index < -0.39 is 10.8 Å². The van der Waals surface area contributed by atoms with Crippen LogP contribution in [0.3, 0.4) is 0 Å². The molecule has 0 aliphatic carbocycles. The number of carbonyl (C=O) groups excluding carboxylic acids is 1. The van der Waals surface area contributed by atoms with E-state index in [1.165, 1.54) is 19.2 Å². The number of carbonyl (C=O) groups is 1. The Kier molecular flexibility index (Phi) is 6.26. The van der Waals surface area contributed by atoms with Gasteiger partial charge in [-0.2, -0.15) is 5.10 Å². The fraction of sp³-hybridized carbons (Fsp3) is 0.222. The summed E-state index contributed by atoms with van der Waals surface area (Å²) in [6.45, 7) is 3.71. The number of hydrazone groups is 1. The quantitative estimate of drug-likeness (QED) is 0.466. The molecule has 1 amide bonds. The van der Waals surface area contributed by atoms with E-state index >= 15 is 0 Å². The van der Waals surface area contributed by atoms with Crippen molar-refractivity contribution in [3.8, 4) is 11.5 Å². The first kappa shape index (κ1) is 18.9. The lowest BCUT2D eigenvalue weighted by molar-refractivity contribution is -0.385. The minimum absolute atomic E-state index is 0.157. The van der Waals surface area contributed by atoms with Gasteiger partial charge in [0.15, 0.2) is 5.75 Å². The highest BCUT2D eigenvalue weighted by Crippen LogP contribution is 2.28. The molecule has 2 rings (SSSR count). The van der Waals surface area contributed by atoms with Gasteiger partial charge in [-0.05, 0) is 38.1 Å². The molecular weight excluding hydrogens is 338 g/mol. The van der Waals surface area contributed by atoms with Crippen LogP contribution in [0, 0.1) is 10.1 Å².